The molecule has 1 saturated heterocycles. The molecule has 1 aromatic heterocycles. The van der Waals surface area contributed by atoms with E-state index < -0.39 is 5.92 Å². The fourth-order valence-electron chi connectivity index (χ4n) is 7.39. The minimum Gasteiger partial charge on any atom is -0.497 e. The zero-order valence-electron chi connectivity index (χ0n) is 21.5. The number of methoxy groups -OCH3 is 2. The van der Waals surface area contributed by atoms with Gasteiger partial charge in [0.2, 0.25) is 11.8 Å². The standard InChI is InChI=1S/C32H30N2O4/c1-37-21-11-9-20(10-12-21)34-31(35)28-24-16-19(18-6-4-3-5-7-18)8-14-23(24)27-25-17-22(38-2)13-15-26(25)33-30(27)29(28)32(34)36/h3-7,9-13,15,17,19,23-24,28-29,33H,8,14,16H2,1-2H3/t19-,23-,24-,28-,29+/m1/s1. The molecule has 1 saturated carbocycles. The molecule has 2 heterocycles. The van der Waals surface area contributed by atoms with Crippen molar-refractivity contribution in [1.82, 2.24) is 4.98 Å². The number of benzene rings is 3. The zero-order valence-corrected chi connectivity index (χ0v) is 21.5. The molecule has 3 aliphatic rings. The van der Waals surface area contributed by atoms with Crippen molar-refractivity contribution in [3.05, 3.63) is 89.6 Å². The number of nitrogens with one attached hydrogen (secondary N) is 1. The van der Waals surface area contributed by atoms with Crippen LogP contribution in [0, 0.1) is 11.8 Å². The highest BCUT2D eigenvalue weighted by Gasteiger charge is 2.59. The summed E-state index contributed by atoms with van der Waals surface area (Å²) in [5.41, 5.74) is 5.02. The van der Waals surface area contributed by atoms with Crippen LogP contribution in [0.2, 0.25) is 0 Å². The van der Waals surface area contributed by atoms with Crippen molar-refractivity contribution in [2.75, 3.05) is 19.1 Å². The van der Waals surface area contributed by atoms with E-state index in [1.54, 1.807) is 38.5 Å². The summed E-state index contributed by atoms with van der Waals surface area (Å²) in [7, 11) is 3.28. The Morgan fingerprint density at radius 3 is 2.32 bits per heavy atom. The first-order valence-corrected chi connectivity index (χ1v) is 13.4. The normalized spacial score (nSPS) is 26.2. The number of carbonyl (C=O) groups excluding carboxylic acids is 2. The van der Waals surface area contributed by atoms with Gasteiger partial charge in [0.15, 0.2) is 0 Å². The molecule has 2 amide bonds. The molecule has 0 radical (unpaired) electrons. The van der Waals surface area contributed by atoms with Crippen molar-refractivity contribution >= 4 is 28.4 Å². The number of nitrogens with zero attached hydrogens (tertiary/aromatic N) is 1. The van der Waals surface area contributed by atoms with Crippen LogP contribution >= 0.6 is 0 Å². The molecule has 2 aliphatic carbocycles. The second-order valence-corrected chi connectivity index (χ2v) is 10.8. The number of fused-ring (bicyclic) bond motifs is 8. The van der Waals surface area contributed by atoms with Crippen LogP contribution in [0.1, 0.15) is 53.8 Å². The Kier molecular flexibility index (Phi) is 5.32. The summed E-state index contributed by atoms with van der Waals surface area (Å²) in [5.74, 6) is 1.01. The lowest BCUT2D eigenvalue weighted by atomic mass is 9.58. The molecular weight excluding hydrogens is 476 g/mol. The van der Waals surface area contributed by atoms with Gasteiger partial charge < -0.3 is 14.5 Å². The number of aromatic nitrogens is 1. The molecule has 0 spiro atoms. The first-order chi connectivity index (χ1) is 18.6. The topological polar surface area (TPSA) is 71.6 Å². The van der Waals surface area contributed by atoms with Gasteiger partial charge in [-0.05, 0) is 90.6 Å². The molecule has 0 bridgehead atoms. The molecule has 2 fully saturated rings. The fourth-order valence-corrected chi connectivity index (χ4v) is 7.39. The summed E-state index contributed by atoms with van der Waals surface area (Å²) in [4.78, 5) is 33.3. The maximum absolute atomic E-state index is 14.2. The number of carbonyl (C=O) groups is 2. The van der Waals surface area contributed by atoms with Crippen molar-refractivity contribution < 1.29 is 19.1 Å². The highest BCUT2D eigenvalue weighted by Crippen LogP contribution is 2.59. The Balaban J connectivity index is 1.38. The minimum absolute atomic E-state index is 0.0800. The maximum atomic E-state index is 14.2. The molecule has 5 atom stereocenters. The SMILES string of the molecule is COc1ccc(N2C(=O)[C@@H]3[C@@H]4C[C@H](c5ccccc5)CC[C@H]4c4c([nH]c5ccc(OC)cc45)[C@H]3C2=O)cc1. The Morgan fingerprint density at radius 1 is 0.842 bits per heavy atom. The quantitative estimate of drug-likeness (QED) is 0.338. The van der Waals surface area contributed by atoms with E-state index in [4.69, 9.17) is 9.47 Å². The van der Waals surface area contributed by atoms with Crippen LogP contribution in [0.5, 0.6) is 11.5 Å². The van der Waals surface area contributed by atoms with Gasteiger partial charge in [-0.15, -0.1) is 0 Å². The highest BCUT2D eigenvalue weighted by molar-refractivity contribution is 6.24. The molecule has 4 aromatic rings. The van der Waals surface area contributed by atoms with Crippen LogP contribution in [0.3, 0.4) is 0 Å². The Bertz CT molecular complexity index is 1540. The third-order valence-corrected chi connectivity index (χ3v) is 9.07. The predicted octanol–water partition coefficient (Wildman–Crippen LogP) is 6.14. The van der Waals surface area contributed by atoms with Crippen molar-refractivity contribution in [2.24, 2.45) is 11.8 Å². The first-order valence-electron chi connectivity index (χ1n) is 13.4. The number of aromatic amines is 1. The van der Waals surface area contributed by atoms with Crippen molar-refractivity contribution in [1.29, 1.82) is 0 Å². The molecule has 3 aromatic carbocycles. The summed E-state index contributed by atoms with van der Waals surface area (Å²) in [6.07, 6.45) is 2.93. The van der Waals surface area contributed by atoms with Gasteiger partial charge in [0.05, 0.1) is 31.7 Å². The molecule has 6 heteroatoms. The number of hydrogen-bond acceptors (Lipinski definition) is 4. The summed E-state index contributed by atoms with van der Waals surface area (Å²) in [6, 6.07) is 23.8. The van der Waals surface area contributed by atoms with Crippen LogP contribution in [0.25, 0.3) is 10.9 Å². The lowest BCUT2D eigenvalue weighted by Crippen LogP contribution is -2.39. The lowest BCUT2D eigenvalue weighted by molar-refractivity contribution is -0.123. The summed E-state index contributed by atoms with van der Waals surface area (Å²) in [5, 5.41) is 1.11. The van der Waals surface area contributed by atoms with Gasteiger partial charge in [-0.25, -0.2) is 4.90 Å². The van der Waals surface area contributed by atoms with Crippen molar-refractivity contribution in [3.8, 4) is 11.5 Å². The van der Waals surface area contributed by atoms with Crippen LogP contribution in [0.15, 0.2) is 72.8 Å². The number of rotatable bonds is 4. The third kappa shape index (κ3) is 3.32. The van der Waals surface area contributed by atoms with E-state index >= 15 is 0 Å². The number of anilines is 1. The van der Waals surface area contributed by atoms with E-state index in [0.29, 0.717) is 17.4 Å². The van der Waals surface area contributed by atoms with E-state index in [1.165, 1.54) is 16.0 Å². The van der Waals surface area contributed by atoms with Crippen molar-refractivity contribution in [2.45, 2.75) is 37.0 Å². The third-order valence-electron chi connectivity index (χ3n) is 9.07. The number of hydrogen-bond donors (Lipinski definition) is 1. The number of imide groups is 1. The van der Waals surface area contributed by atoms with Gasteiger partial charge in [0.1, 0.15) is 11.5 Å². The summed E-state index contributed by atoms with van der Waals surface area (Å²) in [6.45, 7) is 0. The van der Waals surface area contributed by atoms with E-state index in [9.17, 15) is 9.59 Å². The van der Waals surface area contributed by atoms with E-state index in [1.807, 2.05) is 18.2 Å². The average Bonchev–Trinajstić information content (AvgIpc) is 3.47. The van der Waals surface area contributed by atoms with Crippen LogP contribution < -0.4 is 14.4 Å². The second kappa shape index (κ2) is 8.76. The molecular formula is C32H30N2O4. The molecule has 192 valence electrons. The number of H-pyrrole nitrogens is 1. The predicted molar refractivity (Wildman–Crippen MR) is 146 cm³/mol. The minimum atomic E-state index is -0.520. The Hall–Kier alpha value is -4.06. The smallest absolute Gasteiger partial charge is 0.243 e. The average molecular weight is 507 g/mol. The van der Waals surface area contributed by atoms with E-state index in [-0.39, 0.29) is 29.6 Å². The summed E-state index contributed by atoms with van der Waals surface area (Å²) < 4.78 is 10.9. The lowest BCUT2D eigenvalue weighted by Gasteiger charge is -2.43. The second-order valence-electron chi connectivity index (χ2n) is 10.8. The molecule has 38 heavy (non-hydrogen) atoms. The van der Waals surface area contributed by atoms with Crippen LogP contribution in [-0.2, 0) is 9.59 Å². The monoisotopic (exact) mass is 506 g/mol. The summed E-state index contributed by atoms with van der Waals surface area (Å²) >= 11 is 0. The van der Waals surface area contributed by atoms with Gasteiger partial charge in [-0.2, -0.15) is 0 Å². The largest absolute Gasteiger partial charge is 0.497 e. The Morgan fingerprint density at radius 2 is 1.58 bits per heavy atom. The fraction of sp³-hybridized carbons (Fsp3) is 0.312. The van der Waals surface area contributed by atoms with Gasteiger partial charge >= 0.3 is 0 Å². The number of ether oxygens (including phenoxy) is 2. The van der Waals surface area contributed by atoms with Gasteiger partial charge in [0, 0.05) is 16.6 Å². The van der Waals surface area contributed by atoms with E-state index in [0.717, 1.165) is 41.6 Å². The van der Waals surface area contributed by atoms with Gasteiger partial charge in [-0.3, -0.25) is 9.59 Å². The van der Waals surface area contributed by atoms with Crippen LogP contribution in [-0.4, -0.2) is 31.0 Å². The first kappa shape index (κ1) is 23.1. The van der Waals surface area contributed by atoms with Crippen LogP contribution in [0.4, 0.5) is 5.69 Å². The van der Waals surface area contributed by atoms with Crippen molar-refractivity contribution in [3.63, 3.8) is 0 Å². The maximum Gasteiger partial charge on any atom is 0.243 e. The van der Waals surface area contributed by atoms with Gasteiger partial charge in [-0.1, -0.05) is 30.3 Å². The molecule has 1 aliphatic heterocycles. The highest BCUT2D eigenvalue weighted by atomic mass is 16.5. The molecule has 0 unspecified atom stereocenters. The van der Waals surface area contributed by atoms with E-state index in [2.05, 4.69) is 35.3 Å². The zero-order chi connectivity index (χ0) is 26.0. The molecule has 6 nitrogen and oxygen atoms in total. The van der Waals surface area contributed by atoms with Gasteiger partial charge in [0.25, 0.3) is 0 Å². The molecule has 7 rings (SSSR count). The Labute approximate surface area is 221 Å². The number of amides is 2. The molecule has 1 N–H and O–H groups in total.